The van der Waals surface area contributed by atoms with Crippen molar-refractivity contribution in [2.24, 2.45) is 0 Å². The van der Waals surface area contributed by atoms with Gasteiger partial charge < -0.3 is 15.0 Å². The van der Waals surface area contributed by atoms with Crippen molar-refractivity contribution in [2.45, 2.75) is 6.54 Å². The van der Waals surface area contributed by atoms with Crippen molar-refractivity contribution in [3.8, 4) is 5.75 Å². The summed E-state index contributed by atoms with van der Waals surface area (Å²) < 4.78 is 5.11. The maximum Gasteiger partial charge on any atom is 0.237 e. The van der Waals surface area contributed by atoms with Crippen LogP contribution in [0, 0.1) is 0 Å². The van der Waals surface area contributed by atoms with E-state index in [1.807, 2.05) is 60.7 Å². The van der Waals surface area contributed by atoms with Gasteiger partial charge in [0, 0.05) is 11.4 Å². The first kappa shape index (κ1) is 21.5. The van der Waals surface area contributed by atoms with Crippen molar-refractivity contribution in [3.63, 3.8) is 0 Å². The molecule has 0 aliphatic carbocycles. The lowest BCUT2D eigenvalue weighted by Gasteiger charge is -2.23. The van der Waals surface area contributed by atoms with Gasteiger partial charge in [0.25, 0.3) is 0 Å². The second kappa shape index (κ2) is 11.1. The number of thioether (sulfide) groups is 1. The van der Waals surface area contributed by atoms with E-state index in [-0.39, 0.29) is 23.3 Å². The van der Waals surface area contributed by atoms with Crippen molar-refractivity contribution < 1.29 is 14.3 Å². The van der Waals surface area contributed by atoms with Crippen molar-refractivity contribution in [2.75, 3.05) is 28.8 Å². The van der Waals surface area contributed by atoms with Crippen LogP contribution in [0.1, 0.15) is 5.56 Å². The van der Waals surface area contributed by atoms with Crippen molar-refractivity contribution >= 4 is 35.0 Å². The average Bonchev–Trinajstić information content (AvgIpc) is 2.79. The van der Waals surface area contributed by atoms with E-state index >= 15 is 0 Å². The number of hydrogen-bond acceptors (Lipinski definition) is 4. The number of benzene rings is 3. The van der Waals surface area contributed by atoms with Crippen molar-refractivity contribution in [1.82, 2.24) is 0 Å². The maximum absolute atomic E-state index is 12.9. The fourth-order valence-corrected chi connectivity index (χ4v) is 3.57. The molecular formula is C24H24N2O3S. The Bertz CT molecular complexity index is 947. The summed E-state index contributed by atoms with van der Waals surface area (Å²) in [6.07, 6.45) is 0. The Kier molecular flexibility index (Phi) is 7.92. The van der Waals surface area contributed by atoms with Crippen molar-refractivity contribution in [1.29, 1.82) is 0 Å². The highest BCUT2D eigenvalue weighted by Crippen LogP contribution is 2.19. The van der Waals surface area contributed by atoms with Gasteiger partial charge in [-0.25, -0.2) is 0 Å². The second-order valence-corrected chi connectivity index (χ2v) is 7.56. The van der Waals surface area contributed by atoms with Crippen LogP contribution in [-0.4, -0.2) is 30.4 Å². The van der Waals surface area contributed by atoms with Crippen LogP contribution in [0.15, 0.2) is 84.9 Å². The van der Waals surface area contributed by atoms with Crippen LogP contribution in [0.5, 0.6) is 5.75 Å². The van der Waals surface area contributed by atoms with Gasteiger partial charge in [0.15, 0.2) is 0 Å². The minimum Gasteiger partial charge on any atom is -0.497 e. The molecule has 0 saturated heterocycles. The molecule has 0 saturated carbocycles. The maximum atomic E-state index is 12.9. The molecule has 2 amide bonds. The lowest BCUT2D eigenvalue weighted by Crippen LogP contribution is -2.32. The standard InChI is InChI=1S/C24H24N2O3S/c1-29-22-14-12-20(13-15-22)25-23(27)17-30-18-24(28)26(21-10-6-3-7-11-21)16-19-8-4-2-5-9-19/h2-15H,16-18H2,1H3,(H,25,27). The molecule has 3 aromatic carbocycles. The highest BCUT2D eigenvalue weighted by molar-refractivity contribution is 8.00. The molecule has 0 aromatic heterocycles. The Balaban J connectivity index is 1.55. The van der Waals surface area contributed by atoms with Crippen LogP contribution >= 0.6 is 11.8 Å². The molecular weight excluding hydrogens is 396 g/mol. The highest BCUT2D eigenvalue weighted by atomic mass is 32.2. The van der Waals surface area contributed by atoms with Crippen LogP contribution in [0.4, 0.5) is 11.4 Å². The topological polar surface area (TPSA) is 58.6 Å². The van der Waals surface area contributed by atoms with Gasteiger partial charge in [-0.2, -0.15) is 0 Å². The number of nitrogens with one attached hydrogen (secondary N) is 1. The molecule has 0 bridgehead atoms. The van der Waals surface area contributed by atoms with Crippen LogP contribution < -0.4 is 15.0 Å². The Hall–Kier alpha value is -3.25. The molecule has 0 unspecified atom stereocenters. The summed E-state index contributed by atoms with van der Waals surface area (Å²) in [7, 11) is 1.60. The SMILES string of the molecule is COc1ccc(NC(=O)CSCC(=O)N(Cc2ccccc2)c2ccccc2)cc1. The number of methoxy groups -OCH3 is 1. The molecule has 0 radical (unpaired) electrons. The van der Waals surface area contributed by atoms with Gasteiger partial charge in [-0.3, -0.25) is 9.59 Å². The number of rotatable bonds is 9. The van der Waals surface area contributed by atoms with Gasteiger partial charge in [0.05, 0.1) is 25.2 Å². The highest BCUT2D eigenvalue weighted by Gasteiger charge is 2.17. The molecule has 0 heterocycles. The zero-order valence-electron chi connectivity index (χ0n) is 16.8. The monoisotopic (exact) mass is 420 g/mol. The summed E-state index contributed by atoms with van der Waals surface area (Å²) in [6.45, 7) is 0.488. The molecule has 5 nitrogen and oxygen atoms in total. The summed E-state index contributed by atoms with van der Waals surface area (Å²) in [5.74, 6) is 0.968. The number of anilines is 2. The molecule has 0 spiro atoms. The predicted molar refractivity (Wildman–Crippen MR) is 123 cm³/mol. The van der Waals surface area contributed by atoms with Gasteiger partial charge in [0.2, 0.25) is 11.8 Å². The number of hydrogen-bond donors (Lipinski definition) is 1. The second-order valence-electron chi connectivity index (χ2n) is 6.57. The van der Waals surface area contributed by atoms with Crippen LogP contribution in [0.2, 0.25) is 0 Å². The van der Waals surface area contributed by atoms with Gasteiger partial charge >= 0.3 is 0 Å². The Labute approximate surface area is 181 Å². The zero-order valence-corrected chi connectivity index (χ0v) is 17.6. The summed E-state index contributed by atoms with van der Waals surface area (Å²) in [5.41, 5.74) is 2.59. The minimum absolute atomic E-state index is 0.0349. The number of ether oxygens (including phenoxy) is 1. The molecule has 3 rings (SSSR count). The third kappa shape index (κ3) is 6.39. The Morgan fingerprint density at radius 3 is 2.13 bits per heavy atom. The quantitative estimate of drug-likeness (QED) is 0.550. The number of nitrogens with zero attached hydrogens (tertiary/aromatic N) is 1. The molecule has 0 aliphatic rings. The first-order valence-electron chi connectivity index (χ1n) is 9.56. The molecule has 3 aromatic rings. The lowest BCUT2D eigenvalue weighted by molar-refractivity contribution is -0.116. The molecule has 0 aliphatic heterocycles. The van der Waals surface area contributed by atoms with E-state index in [4.69, 9.17) is 4.74 Å². The Morgan fingerprint density at radius 1 is 0.867 bits per heavy atom. The summed E-state index contributed by atoms with van der Waals surface area (Å²) in [5, 5.41) is 2.83. The van der Waals surface area contributed by atoms with Gasteiger partial charge in [-0.05, 0) is 42.0 Å². The number of amides is 2. The van der Waals surface area contributed by atoms with E-state index in [0.29, 0.717) is 12.2 Å². The van der Waals surface area contributed by atoms with E-state index in [2.05, 4.69) is 5.32 Å². The van der Waals surface area contributed by atoms with E-state index in [1.54, 1.807) is 36.3 Å². The van der Waals surface area contributed by atoms with Gasteiger partial charge in [-0.15, -0.1) is 11.8 Å². The molecule has 6 heteroatoms. The van der Waals surface area contributed by atoms with E-state index in [9.17, 15) is 9.59 Å². The summed E-state index contributed by atoms with van der Waals surface area (Å²) in [6, 6.07) is 26.6. The number of carbonyl (C=O) groups is 2. The molecule has 1 N–H and O–H groups in total. The van der Waals surface area contributed by atoms with Crippen molar-refractivity contribution in [3.05, 3.63) is 90.5 Å². The largest absolute Gasteiger partial charge is 0.497 e. The first-order valence-corrected chi connectivity index (χ1v) is 10.7. The van der Waals surface area contributed by atoms with Crippen LogP contribution in [0.25, 0.3) is 0 Å². The predicted octanol–water partition coefficient (Wildman–Crippen LogP) is 4.60. The fraction of sp³-hybridized carbons (Fsp3) is 0.167. The smallest absolute Gasteiger partial charge is 0.237 e. The summed E-state index contributed by atoms with van der Waals surface area (Å²) >= 11 is 1.30. The molecule has 30 heavy (non-hydrogen) atoms. The number of carbonyl (C=O) groups excluding carboxylic acids is 2. The van der Waals surface area contributed by atoms with Crippen LogP contribution in [0.3, 0.4) is 0 Å². The first-order chi connectivity index (χ1) is 14.7. The van der Waals surface area contributed by atoms with E-state index < -0.39 is 0 Å². The average molecular weight is 421 g/mol. The van der Waals surface area contributed by atoms with Gasteiger partial charge in [0.1, 0.15) is 5.75 Å². The molecule has 0 atom stereocenters. The normalized spacial score (nSPS) is 10.3. The van der Waals surface area contributed by atoms with E-state index in [1.165, 1.54) is 11.8 Å². The van der Waals surface area contributed by atoms with E-state index in [0.717, 1.165) is 17.0 Å². The Morgan fingerprint density at radius 2 is 1.50 bits per heavy atom. The molecule has 0 fully saturated rings. The summed E-state index contributed by atoms with van der Waals surface area (Å²) in [4.78, 5) is 26.9. The zero-order chi connectivity index (χ0) is 21.2. The lowest BCUT2D eigenvalue weighted by atomic mass is 10.2. The fourth-order valence-electron chi connectivity index (χ4n) is 2.88. The minimum atomic E-state index is -0.146. The van der Waals surface area contributed by atoms with Crippen LogP contribution in [-0.2, 0) is 16.1 Å². The number of para-hydroxylation sites is 1. The van der Waals surface area contributed by atoms with Gasteiger partial charge in [-0.1, -0.05) is 48.5 Å². The molecule has 154 valence electrons. The third-order valence-corrected chi connectivity index (χ3v) is 5.30. The third-order valence-electron chi connectivity index (χ3n) is 4.38.